The van der Waals surface area contributed by atoms with Gasteiger partial charge in [0.25, 0.3) is 0 Å². The van der Waals surface area contributed by atoms with Crippen LogP contribution in [0.2, 0.25) is 0 Å². The van der Waals surface area contributed by atoms with Crippen LogP contribution in [0.15, 0.2) is 67.1 Å². The summed E-state index contributed by atoms with van der Waals surface area (Å²) in [7, 11) is 0. The number of hydrogen-bond donors (Lipinski definition) is 0. The maximum Gasteiger partial charge on any atom is 0.0981 e. The van der Waals surface area contributed by atoms with E-state index in [4.69, 9.17) is 0 Å². The van der Waals surface area contributed by atoms with Gasteiger partial charge in [-0.1, -0.05) is 18.2 Å². The van der Waals surface area contributed by atoms with E-state index >= 15 is 0 Å². The van der Waals surface area contributed by atoms with Crippen LogP contribution in [0.1, 0.15) is 0 Å². The van der Waals surface area contributed by atoms with Gasteiger partial charge in [-0.05, 0) is 30.3 Å². The molecule has 0 aliphatic carbocycles. The Labute approximate surface area is 136 Å². The van der Waals surface area contributed by atoms with Gasteiger partial charge >= 0.3 is 0 Å². The Kier molecular flexibility index (Phi) is 2.66. The number of hydrogen-bond acceptors (Lipinski definition) is 4. The van der Waals surface area contributed by atoms with E-state index in [2.05, 4.69) is 45.3 Å². The van der Waals surface area contributed by atoms with Crippen molar-refractivity contribution in [3.8, 4) is 11.3 Å². The number of fused-ring (bicyclic) bond motifs is 4. The number of thiophene rings is 1. The molecule has 3 nitrogen and oxygen atoms in total. The summed E-state index contributed by atoms with van der Waals surface area (Å²) < 4.78 is 2.48. The van der Waals surface area contributed by atoms with Gasteiger partial charge in [-0.15, -0.1) is 11.3 Å². The van der Waals surface area contributed by atoms with Crippen molar-refractivity contribution >= 4 is 42.5 Å². The van der Waals surface area contributed by atoms with E-state index in [-0.39, 0.29) is 0 Å². The molecule has 0 fully saturated rings. The second-order valence-electron chi connectivity index (χ2n) is 5.36. The molecule has 5 rings (SSSR count). The second-order valence-corrected chi connectivity index (χ2v) is 6.42. The Morgan fingerprint density at radius 1 is 0.696 bits per heavy atom. The van der Waals surface area contributed by atoms with Crippen LogP contribution < -0.4 is 0 Å². The molecule has 0 spiro atoms. The monoisotopic (exact) mass is 313 g/mol. The van der Waals surface area contributed by atoms with Crippen LogP contribution in [0.5, 0.6) is 0 Å². The summed E-state index contributed by atoms with van der Waals surface area (Å²) >= 11 is 1.78. The van der Waals surface area contributed by atoms with Crippen molar-refractivity contribution in [3.05, 3.63) is 67.1 Å². The fraction of sp³-hybridized carbons (Fsp3) is 0. The third-order valence-corrected chi connectivity index (χ3v) is 5.24. The lowest BCUT2D eigenvalue weighted by molar-refractivity contribution is 1.31. The molecule has 4 heteroatoms. The van der Waals surface area contributed by atoms with E-state index in [9.17, 15) is 0 Å². The average molecular weight is 313 g/mol. The van der Waals surface area contributed by atoms with Gasteiger partial charge in [0.15, 0.2) is 0 Å². The second kappa shape index (κ2) is 4.83. The smallest absolute Gasteiger partial charge is 0.0981 e. The SMILES string of the molecule is c1cnc2c(-c3nccc4c3sc3ccccc34)ccnc2c1. The Bertz CT molecular complexity index is 1170. The maximum atomic E-state index is 4.67. The minimum Gasteiger partial charge on any atom is -0.255 e. The summed E-state index contributed by atoms with van der Waals surface area (Å²) in [5.41, 5.74) is 3.81. The molecule has 23 heavy (non-hydrogen) atoms. The number of aromatic nitrogens is 3. The van der Waals surface area contributed by atoms with Crippen molar-refractivity contribution in [1.29, 1.82) is 0 Å². The fourth-order valence-electron chi connectivity index (χ4n) is 3.01. The highest BCUT2D eigenvalue weighted by Gasteiger charge is 2.14. The zero-order valence-electron chi connectivity index (χ0n) is 12.1. The summed E-state index contributed by atoms with van der Waals surface area (Å²) in [5, 5.41) is 2.53. The van der Waals surface area contributed by atoms with E-state index in [0.717, 1.165) is 22.3 Å². The van der Waals surface area contributed by atoms with E-state index in [1.54, 1.807) is 17.5 Å². The molecule has 0 radical (unpaired) electrons. The van der Waals surface area contributed by atoms with Crippen molar-refractivity contribution in [2.75, 3.05) is 0 Å². The molecule has 4 heterocycles. The largest absolute Gasteiger partial charge is 0.255 e. The lowest BCUT2D eigenvalue weighted by Gasteiger charge is -2.05. The average Bonchev–Trinajstić information content (AvgIpc) is 3.00. The van der Waals surface area contributed by atoms with Gasteiger partial charge in [-0.2, -0.15) is 0 Å². The Balaban J connectivity index is 1.93. The maximum absolute atomic E-state index is 4.67. The van der Waals surface area contributed by atoms with Gasteiger partial charge in [0.2, 0.25) is 0 Å². The number of pyridine rings is 3. The molecule has 0 bridgehead atoms. The third-order valence-electron chi connectivity index (χ3n) is 4.05. The zero-order chi connectivity index (χ0) is 15.2. The number of nitrogens with zero attached hydrogens (tertiary/aromatic N) is 3. The molecule has 0 saturated heterocycles. The van der Waals surface area contributed by atoms with Crippen molar-refractivity contribution in [1.82, 2.24) is 15.0 Å². The van der Waals surface area contributed by atoms with Crippen molar-refractivity contribution < 1.29 is 0 Å². The molecule has 0 saturated carbocycles. The summed E-state index contributed by atoms with van der Waals surface area (Å²) in [6.07, 6.45) is 5.51. The van der Waals surface area contributed by atoms with Crippen LogP contribution in [-0.2, 0) is 0 Å². The van der Waals surface area contributed by atoms with Crippen LogP contribution >= 0.6 is 11.3 Å². The fourth-order valence-corrected chi connectivity index (χ4v) is 4.22. The first-order valence-corrected chi connectivity index (χ1v) is 8.20. The highest BCUT2D eigenvalue weighted by molar-refractivity contribution is 7.26. The van der Waals surface area contributed by atoms with E-state index in [1.807, 2.05) is 30.6 Å². The summed E-state index contributed by atoms with van der Waals surface area (Å²) in [4.78, 5) is 13.6. The van der Waals surface area contributed by atoms with Crippen LogP contribution in [-0.4, -0.2) is 15.0 Å². The minimum atomic E-state index is 0.893. The first-order chi connectivity index (χ1) is 11.4. The van der Waals surface area contributed by atoms with E-state index < -0.39 is 0 Å². The molecule has 108 valence electrons. The van der Waals surface area contributed by atoms with Gasteiger partial charge in [0.05, 0.1) is 21.4 Å². The molecular formula is C19H11N3S. The first kappa shape index (κ1) is 12.7. The molecule has 5 aromatic rings. The van der Waals surface area contributed by atoms with Crippen LogP contribution in [0.25, 0.3) is 42.5 Å². The predicted molar refractivity (Wildman–Crippen MR) is 95.7 cm³/mol. The first-order valence-electron chi connectivity index (χ1n) is 7.38. The van der Waals surface area contributed by atoms with Crippen LogP contribution in [0, 0.1) is 0 Å². The van der Waals surface area contributed by atoms with Gasteiger partial charge in [0, 0.05) is 39.6 Å². The summed E-state index contributed by atoms with van der Waals surface area (Å²) in [6.45, 7) is 0. The molecule has 0 N–H and O–H groups in total. The topological polar surface area (TPSA) is 38.7 Å². The van der Waals surface area contributed by atoms with Crippen molar-refractivity contribution in [2.24, 2.45) is 0 Å². The molecule has 0 aliphatic heterocycles. The molecule has 4 aromatic heterocycles. The zero-order valence-corrected chi connectivity index (χ0v) is 12.9. The standard InChI is InChI=1S/C19H11N3S/c1-2-6-16-12(4-1)13-7-11-22-18(19(13)23-16)14-8-10-20-15-5-3-9-21-17(14)15/h1-11H. The predicted octanol–water partition coefficient (Wildman–Crippen LogP) is 5.06. The Hall–Kier alpha value is -2.85. The lowest BCUT2D eigenvalue weighted by Crippen LogP contribution is -1.89. The quantitative estimate of drug-likeness (QED) is 0.434. The molecule has 0 aliphatic rings. The molecule has 0 unspecified atom stereocenters. The van der Waals surface area contributed by atoms with Gasteiger partial charge in [-0.25, -0.2) is 0 Å². The van der Waals surface area contributed by atoms with E-state index in [1.165, 1.54) is 20.2 Å². The molecule has 0 amide bonds. The van der Waals surface area contributed by atoms with Gasteiger partial charge < -0.3 is 0 Å². The molecular weight excluding hydrogens is 302 g/mol. The van der Waals surface area contributed by atoms with Crippen LogP contribution in [0.4, 0.5) is 0 Å². The van der Waals surface area contributed by atoms with Crippen LogP contribution in [0.3, 0.4) is 0 Å². The number of benzene rings is 1. The Morgan fingerprint density at radius 2 is 1.61 bits per heavy atom. The van der Waals surface area contributed by atoms with Crippen molar-refractivity contribution in [2.45, 2.75) is 0 Å². The summed E-state index contributed by atoms with van der Waals surface area (Å²) in [6, 6.07) is 16.5. The minimum absolute atomic E-state index is 0.893. The third kappa shape index (κ3) is 1.85. The Morgan fingerprint density at radius 3 is 2.61 bits per heavy atom. The normalized spacial score (nSPS) is 11.5. The van der Waals surface area contributed by atoms with E-state index in [0.29, 0.717) is 0 Å². The highest BCUT2D eigenvalue weighted by Crippen LogP contribution is 2.39. The number of rotatable bonds is 1. The molecule has 1 aromatic carbocycles. The van der Waals surface area contributed by atoms with Gasteiger partial charge in [0.1, 0.15) is 0 Å². The molecule has 0 atom stereocenters. The highest BCUT2D eigenvalue weighted by atomic mass is 32.1. The lowest BCUT2D eigenvalue weighted by atomic mass is 10.1. The van der Waals surface area contributed by atoms with Gasteiger partial charge in [-0.3, -0.25) is 15.0 Å². The summed E-state index contributed by atoms with van der Waals surface area (Å²) in [5.74, 6) is 0. The van der Waals surface area contributed by atoms with Crippen molar-refractivity contribution in [3.63, 3.8) is 0 Å².